The molecule has 6 heteroatoms. The highest BCUT2D eigenvalue weighted by atomic mass is 32.2. The van der Waals surface area contributed by atoms with Crippen LogP contribution in [0.25, 0.3) is 16.6 Å². The number of aryl methyl sites for hydroxylation is 1. The van der Waals surface area contributed by atoms with Crippen molar-refractivity contribution in [2.75, 3.05) is 0 Å². The van der Waals surface area contributed by atoms with E-state index in [-0.39, 0.29) is 11.2 Å². The molecule has 0 radical (unpaired) electrons. The fourth-order valence-electron chi connectivity index (χ4n) is 2.71. The number of para-hydroxylation sites is 1. The van der Waals surface area contributed by atoms with Gasteiger partial charge in [-0.05, 0) is 44.4 Å². The molecule has 0 saturated heterocycles. The van der Waals surface area contributed by atoms with Crippen LogP contribution in [0, 0.1) is 6.92 Å². The van der Waals surface area contributed by atoms with Crippen LogP contribution in [0.15, 0.2) is 35.5 Å². The fraction of sp³-hybridized carbons (Fsp3) is 0.353. The zero-order valence-corrected chi connectivity index (χ0v) is 13.9. The molecular formula is C17H18N4OS. The molecule has 2 aromatic heterocycles. The maximum atomic E-state index is 12.2. The van der Waals surface area contributed by atoms with Crippen molar-refractivity contribution in [2.45, 2.75) is 43.1 Å². The Morgan fingerprint density at radius 1 is 1.35 bits per heavy atom. The number of nitrogens with zero attached hydrogens (tertiary/aromatic N) is 3. The highest BCUT2D eigenvalue weighted by Crippen LogP contribution is 2.28. The van der Waals surface area contributed by atoms with Gasteiger partial charge in [-0.2, -0.15) is 0 Å². The first-order valence-electron chi connectivity index (χ1n) is 7.84. The molecule has 23 heavy (non-hydrogen) atoms. The average Bonchev–Trinajstić information content (AvgIpc) is 3.27. The summed E-state index contributed by atoms with van der Waals surface area (Å²) in [6, 6.07) is 10.6. The molecule has 0 spiro atoms. The van der Waals surface area contributed by atoms with E-state index in [1.54, 1.807) is 0 Å². The van der Waals surface area contributed by atoms with Gasteiger partial charge in [-0.3, -0.25) is 9.20 Å². The van der Waals surface area contributed by atoms with Gasteiger partial charge in [-0.25, -0.2) is 0 Å². The number of rotatable bonds is 4. The molecule has 1 atom stereocenters. The van der Waals surface area contributed by atoms with Gasteiger partial charge in [0.1, 0.15) is 0 Å². The van der Waals surface area contributed by atoms with Crippen LogP contribution < -0.4 is 5.32 Å². The molecule has 1 fully saturated rings. The van der Waals surface area contributed by atoms with Gasteiger partial charge in [0.05, 0.1) is 10.8 Å². The Morgan fingerprint density at radius 2 is 2.13 bits per heavy atom. The van der Waals surface area contributed by atoms with Crippen molar-refractivity contribution in [2.24, 2.45) is 0 Å². The van der Waals surface area contributed by atoms with Crippen molar-refractivity contribution in [3.8, 4) is 0 Å². The Kier molecular flexibility index (Phi) is 3.49. The van der Waals surface area contributed by atoms with Crippen LogP contribution >= 0.6 is 11.8 Å². The molecule has 1 aromatic carbocycles. The lowest BCUT2D eigenvalue weighted by Gasteiger charge is -2.11. The summed E-state index contributed by atoms with van der Waals surface area (Å²) in [5.41, 5.74) is 3.07. The second kappa shape index (κ2) is 5.53. The Balaban J connectivity index is 1.72. The van der Waals surface area contributed by atoms with Crippen LogP contribution in [0.1, 0.15) is 25.3 Å². The molecule has 1 N–H and O–H groups in total. The van der Waals surface area contributed by atoms with Crippen LogP contribution in [0.4, 0.5) is 0 Å². The highest BCUT2D eigenvalue weighted by Gasteiger charge is 2.27. The molecule has 1 amide bonds. The summed E-state index contributed by atoms with van der Waals surface area (Å²) in [5.74, 6) is 0.0747. The number of amides is 1. The first-order valence-corrected chi connectivity index (χ1v) is 8.72. The van der Waals surface area contributed by atoms with Gasteiger partial charge in [0.25, 0.3) is 0 Å². The summed E-state index contributed by atoms with van der Waals surface area (Å²) in [4.78, 5) is 12.2. The van der Waals surface area contributed by atoms with Crippen LogP contribution in [-0.4, -0.2) is 31.8 Å². The van der Waals surface area contributed by atoms with Gasteiger partial charge in [0.2, 0.25) is 5.91 Å². The molecule has 0 aliphatic heterocycles. The number of hydrogen-bond donors (Lipinski definition) is 1. The largest absolute Gasteiger partial charge is 0.352 e. The number of thioether (sulfide) groups is 1. The molecule has 1 saturated carbocycles. The second-order valence-corrected chi connectivity index (χ2v) is 7.37. The number of nitrogens with one attached hydrogen (secondary N) is 1. The lowest BCUT2D eigenvalue weighted by atomic mass is 10.1. The fourth-order valence-corrected chi connectivity index (χ4v) is 3.59. The van der Waals surface area contributed by atoms with E-state index >= 15 is 0 Å². The van der Waals surface area contributed by atoms with Gasteiger partial charge >= 0.3 is 0 Å². The summed E-state index contributed by atoms with van der Waals surface area (Å²) in [6.07, 6.45) is 2.20. The first kappa shape index (κ1) is 14.5. The number of hydrogen-bond acceptors (Lipinski definition) is 4. The third-order valence-corrected chi connectivity index (χ3v) is 5.19. The van der Waals surface area contributed by atoms with E-state index in [0.29, 0.717) is 6.04 Å². The SMILES string of the molecule is Cc1cc2nnc(S[C@H](C)C(=O)NC3CC3)n2c2ccccc12. The number of carbonyl (C=O) groups excluding carboxylic acids is 1. The van der Waals surface area contributed by atoms with E-state index in [9.17, 15) is 4.79 Å². The summed E-state index contributed by atoms with van der Waals surface area (Å²) >= 11 is 1.46. The minimum absolute atomic E-state index is 0.0747. The van der Waals surface area contributed by atoms with Crippen molar-refractivity contribution >= 4 is 34.2 Å². The minimum atomic E-state index is -0.192. The average molecular weight is 326 g/mol. The summed E-state index contributed by atoms with van der Waals surface area (Å²) in [6.45, 7) is 4.00. The van der Waals surface area contributed by atoms with Crippen LogP contribution in [0.3, 0.4) is 0 Å². The third-order valence-electron chi connectivity index (χ3n) is 4.15. The zero-order valence-electron chi connectivity index (χ0n) is 13.1. The smallest absolute Gasteiger partial charge is 0.233 e. The van der Waals surface area contributed by atoms with E-state index in [4.69, 9.17) is 0 Å². The topological polar surface area (TPSA) is 59.3 Å². The van der Waals surface area contributed by atoms with Gasteiger partial charge in [0.15, 0.2) is 10.8 Å². The lowest BCUT2D eigenvalue weighted by Crippen LogP contribution is -2.32. The molecule has 5 nitrogen and oxygen atoms in total. The monoisotopic (exact) mass is 326 g/mol. The van der Waals surface area contributed by atoms with Crippen molar-refractivity contribution in [1.29, 1.82) is 0 Å². The molecule has 118 valence electrons. The highest BCUT2D eigenvalue weighted by molar-refractivity contribution is 8.00. The molecule has 0 unspecified atom stereocenters. The maximum Gasteiger partial charge on any atom is 0.233 e. The second-order valence-electron chi connectivity index (χ2n) is 6.06. The molecule has 3 aromatic rings. The van der Waals surface area contributed by atoms with Gasteiger partial charge in [-0.1, -0.05) is 30.0 Å². The number of fused-ring (bicyclic) bond motifs is 3. The summed E-state index contributed by atoms with van der Waals surface area (Å²) in [7, 11) is 0. The molecule has 2 heterocycles. The Morgan fingerprint density at radius 3 is 2.91 bits per heavy atom. The van der Waals surface area contributed by atoms with Crippen LogP contribution in [-0.2, 0) is 4.79 Å². The maximum absolute atomic E-state index is 12.2. The first-order chi connectivity index (χ1) is 11.1. The van der Waals surface area contributed by atoms with Crippen molar-refractivity contribution in [1.82, 2.24) is 19.9 Å². The molecular weight excluding hydrogens is 308 g/mol. The van der Waals surface area contributed by atoms with Crippen molar-refractivity contribution in [3.63, 3.8) is 0 Å². The van der Waals surface area contributed by atoms with Gasteiger partial charge in [0, 0.05) is 11.4 Å². The predicted octanol–water partition coefficient (Wildman–Crippen LogP) is 2.95. The third kappa shape index (κ3) is 2.67. The number of carbonyl (C=O) groups is 1. The molecule has 1 aliphatic carbocycles. The standard InChI is InChI=1S/C17H18N4OS/c1-10-9-15-19-20-17(21(15)14-6-4-3-5-13(10)14)23-11(2)16(22)18-12-7-8-12/h3-6,9,11-12H,7-8H2,1-2H3,(H,18,22)/t11-/m1/s1. The van der Waals surface area contributed by atoms with E-state index < -0.39 is 0 Å². The minimum Gasteiger partial charge on any atom is -0.352 e. The Hall–Kier alpha value is -2.08. The number of pyridine rings is 1. The number of aromatic nitrogens is 3. The Bertz CT molecular complexity index is 900. The zero-order chi connectivity index (χ0) is 16.0. The van der Waals surface area contributed by atoms with Crippen molar-refractivity contribution < 1.29 is 4.79 Å². The van der Waals surface area contributed by atoms with Gasteiger partial charge < -0.3 is 5.32 Å². The normalized spacial score (nSPS) is 15.9. The van der Waals surface area contributed by atoms with E-state index in [0.717, 1.165) is 29.2 Å². The quantitative estimate of drug-likeness (QED) is 0.749. The summed E-state index contributed by atoms with van der Waals surface area (Å²) < 4.78 is 2.04. The van der Waals surface area contributed by atoms with Gasteiger partial charge in [-0.15, -0.1) is 10.2 Å². The summed E-state index contributed by atoms with van der Waals surface area (Å²) in [5, 5.41) is 13.4. The number of benzene rings is 1. The van der Waals surface area contributed by atoms with Crippen LogP contribution in [0.2, 0.25) is 0 Å². The molecule has 4 rings (SSSR count). The lowest BCUT2D eigenvalue weighted by molar-refractivity contribution is -0.120. The van der Waals surface area contributed by atoms with E-state index in [1.807, 2.05) is 29.5 Å². The molecule has 0 bridgehead atoms. The van der Waals surface area contributed by atoms with Crippen molar-refractivity contribution in [3.05, 3.63) is 35.9 Å². The Labute approximate surface area is 138 Å². The predicted molar refractivity (Wildman–Crippen MR) is 91.7 cm³/mol. The molecule has 1 aliphatic rings. The van der Waals surface area contributed by atoms with E-state index in [2.05, 4.69) is 34.6 Å². The van der Waals surface area contributed by atoms with Crippen LogP contribution in [0.5, 0.6) is 0 Å². The van der Waals surface area contributed by atoms with E-state index in [1.165, 1.54) is 22.7 Å².